The van der Waals surface area contributed by atoms with Crippen molar-refractivity contribution >= 4 is 63.0 Å². The van der Waals surface area contributed by atoms with Gasteiger partial charge in [-0.3, -0.25) is 4.79 Å². The molecule has 1 aromatic rings. The van der Waals surface area contributed by atoms with Crippen LogP contribution in [0.3, 0.4) is 0 Å². The largest absolute Gasteiger partial charge is 0.393 e. The number of amides is 1. The molecule has 1 atom stereocenters. The third kappa shape index (κ3) is 4.37. The summed E-state index contributed by atoms with van der Waals surface area (Å²) in [6.07, 6.45) is 1.49. The number of anilines is 1. The number of nitrogens with one attached hydrogen (secondary N) is 1. The first-order chi connectivity index (χ1) is 8.45. The summed E-state index contributed by atoms with van der Waals surface area (Å²) >= 11 is 13.1. The summed E-state index contributed by atoms with van der Waals surface area (Å²) < 4.78 is 1.01. The maximum Gasteiger partial charge on any atom is 0.234 e. The maximum absolute atomic E-state index is 12.0. The maximum atomic E-state index is 12.0. The Balaban J connectivity index is 2.82. The van der Waals surface area contributed by atoms with E-state index in [0.717, 1.165) is 9.99 Å². The van der Waals surface area contributed by atoms with E-state index in [0.29, 0.717) is 17.1 Å². The van der Waals surface area contributed by atoms with E-state index in [1.165, 1.54) is 0 Å². The first-order valence-electron chi connectivity index (χ1n) is 5.51. The molecule has 3 nitrogen and oxygen atoms in total. The number of carbonyl (C=O) groups is 1. The topological polar surface area (TPSA) is 55.1 Å². The minimum atomic E-state index is -0.444. The molecular weight excluding hydrogens is 383 g/mol. The summed E-state index contributed by atoms with van der Waals surface area (Å²) in [4.78, 5) is 12.3. The Labute approximate surface area is 131 Å². The molecular formula is C12H14ClIN2OS. The molecule has 6 heteroatoms. The van der Waals surface area contributed by atoms with Crippen LogP contribution in [0.5, 0.6) is 0 Å². The van der Waals surface area contributed by atoms with E-state index in [9.17, 15) is 4.79 Å². The van der Waals surface area contributed by atoms with Crippen molar-refractivity contribution in [1.82, 2.24) is 0 Å². The molecule has 0 saturated carbocycles. The normalized spacial score (nSPS) is 11.9. The Morgan fingerprint density at radius 2 is 2.28 bits per heavy atom. The van der Waals surface area contributed by atoms with Gasteiger partial charge in [-0.2, -0.15) is 0 Å². The van der Waals surface area contributed by atoms with Crippen LogP contribution < -0.4 is 11.1 Å². The van der Waals surface area contributed by atoms with E-state index in [-0.39, 0.29) is 10.9 Å². The fourth-order valence-electron chi connectivity index (χ4n) is 1.50. The van der Waals surface area contributed by atoms with Gasteiger partial charge in [0, 0.05) is 3.57 Å². The summed E-state index contributed by atoms with van der Waals surface area (Å²) in [5.41, 5.74) is 6.16. The minimum absolute atomic E-state index is 0.201. The van der Waals surface area contributed by atoms with E-state index in [1.54, 1.807) is 12.1 Å². The minimum Gasteiger partial charge on any atom is -0.393 e. The van der Waals surface area contributed by atoms with Crippen molar-refractivity contribution in [3.05, 3.63) is 26.8 Å². The van der Waals surface area contributed by atoms with Crippen LogP contribution in [0.15, 0.2) is 18.2 Å². The van der Waals surface area contributed by atoms with E-state index in [1.807, 2.05) is 13.0 Å². The summed E-state index contributed by atoms with van der Waals surface area (Å²) in [5, 5.41) is 3.27. The average molecular weight is 397 g/mol. The Hall–Kier alpha value is -0.400. The van der Waals surface area contributed by atoms with Crippen molar-refractivity contribution in [2.45, 2.75) is 19.8 Å². The third-order valence-electron chi connectivity index (χ3n) is 2.43. The molecule has 1 rings (SSSR count). The number of rotatable bonds is 5. The molecule has 0 aliphatic carbocycles. The Kier molecular flexibility index (Phi) is 6.31. The molecule has 98 valence electrons. The molecule has 0 heterocycles. The first kappa shape index (κ1) is 15.7. The highest BCUT2D eigenvalue weighted by Crippen LogP contribution is 2.24. The Bertz CT molecular complexity index is 467. The molecule has 3 N–H and O–H groups in total. The van der Waals surface area contributed by atoms with E-state index in [4.69, 9.17) is 29.6 Å². The van der Waals surface area contributed by atoms with E-state index < -0.39 is 5.92 Å². The number of nitrogens with two attached hydrogens (primary N) is 1. The molecule has 1 unspecified atom stereocenters. The van der Waals surface area contributed by atoms with Gasteiger partial charge in [0.25, 0.3) is 0 Å². The van der Waals surface area contributed by atoms with Crippen LogP contribution in [-0.2, 0) is 4.79 Å². The quantitative estimate of drug-likeness (QED) is 0.591. The second-order valence-corrected chi connectivity index (χ2v) is 5.98. The number of hydrogen-bond acceptors (Lipinski definition) is 2. The standard InChI is InChI=1S/C12H14ClIN2OS/c1-2-3-8(11(15)18)12(17)16-10-5-4-7(14)6-9(10)13/h4-6,8H,2-3H2,1H3,(H2,15,18)(H,16,17). The van der Waals surface area contributed by atoms with E-state index >= 15 is 0 Å². The molecule has 0 aliphatic heterocycles. The third-order valence-corrected chi connectivity index (χ3v) is 3.69. The molecule has 1 amide bonds. The number of thiocarbonyl (C=S) groups is 1. The summed E-state index contributed by atoms with van der Waals surface area (Å²) in [7, 11) is 0. The molecule has 0 spiro atoms. The van der Waals surface area contributed by atoms with Crippen molar-refractivity contribution in [3.63, 3.8) is 0 Å². The van der Waals surface area contributed by atoms with Gasteiger partial charge in [0.1, 0.15) is 0 Å². The lowest BCUT2D eigenvalue weighted by Crippen LogP contribution is -2.33. The van der Waals surface area contributed by atoms with Crippen molar-refractivity contribution in [3.8, 4) is 0 Å². The molecule has 18 heavy (non-hydrogen) atoms. The van der Waals surface area contributed by atoms with Gasteiger partial charge in [-0.05, 0) is 47.2 Å². The lowest BCUT2D eigenvalue weighted by atomic mass is 10.0. The SMILES string of the molecule is CCCC(C(=O)Nc1ccc(I)cc1Cl)C(N)=S. The van der Waals surface area contributed by atoms with Gasteiger partial charge in [-0.15, -0.1) is 0 Å². The highest BCUT2D eigenvalue weighted by Gasteiger charge is 2.21. The lowest BCUT2D eigenvalue weighted by molar-refractivity contribution is -0.118. The van der Waals surface area contributed by atoms with Gasteiger partial charge in [0.2, 0.25) is 5.91 Å². The predicted molar refractivity (Wildman–Crippen MR) is 88.0 cm³/mol. The number of halogens is 2. The zero-order chi connectivity index (χ0) is 13.7. The monoisotopic (exact) mass is 396 g/mol. The van der Waals surface area contributed by atoms with Gasteiger partial charge >= 0.3 is 0 Å². The fourth-order valence-corrected chi connectivity index (χ4v) is 2.63. The average Bonchev–Trinajstić information content (AvgIpc) is 2.29. The summed E-state index contributed by atoms with van der Waals surface area (Å²) in [5.74, 6) is -0.646. The van der Waals surface area contributed by atoms with Gasteiger partial charge in [0.05, 0.1) is 21.6 Å². The molecule has 0 bridgehead atoms. The van der Waals surface area contributed by atoms with Crippen LogP contribution >= 0.6 is 46.4 Å². The second-order valence-electron chi connectivity index (χ2n) is 3.86. The number of hydrogen-bond donors (Lipinski definition) is 2. The van der Waals surface area contributed by atoms with Crippen molar-refractivity contribution in [2.75, 3.05) is 5.32 Å². The van der Waals surface area contributed by atoms with Crippen LogP contribution in [0.1, 0.15) is 19.8 Å². The molecule has 0 fully saturated rings. The Morgan fingerprint density at radius 1 is 1.61 bits per heavy atom. The van der Waals surface area contributed by atoms with Crippen molar-refractivity contribution in [2.24, 2.45) is 11.7 Å². The molecule has 0 radical (unpaired) electrons. The second kappa shape index (κ2) is 7.25. The highest BCUT2D eigenvalue weighted by molar-refractivity contribution is 14.1. The van der Waals surface area contributed by atoms with Crippen LogP contribution in [0.4, 0.5) is 5.69 Å². The van der Waals surface area contributed by atoms with Crippen molar-refractivity contribution < 1.29 is 4.79 Å². The zero-order valence-corrected chi connectivity index (χ0v) is 13.6. The van der Waals surface area contributed by atoms with Gasteiger partial charge in [-0.1, -0.05) is 37.2 Å². The molecule has 1 aromatic carbocycles. The summed E-state index contributed by atoms with van der Waals surface area (Å²) in [6, 6.07) is 5.43. The van der Waals surface area contributed by atoms with Crippen LogP contribution in [0.25, 0.3) is 0 Å². The number of benzene rings is 1. The van der Waals surface area contributed by atoms with Crippen LogP contribution in [0.2, 0.25) is 5.02 Å². The van der Waals surface area contributed by atoms with Gasteiger partial charge in [-0.25, -0.2) is 0 Å². The highest BCUT2D eigenvalue weighted by atomic mass is 127. The smallest absolute Gasteiger partial charge is 0.234 e. The number of carbonyl (C=O) groups excluding carboxylic acids is 1. The molecule has 0 saturated heterocycles. The predicted octanol–water partition coefficient (Wildman–Crippen LogP) is 3.59. The molecule has 0 aromatic heterocycles. The lowest BCUT2D eigenvalue weighted by Gasteiger charge is -2.15. The van der Waals surface area contributed by atoms with Crippen LogP contribution in [0, 0.1) is 9.49 Å². The van der Waals surface area contributed by atoms with Crippen LogP contribution in [-0.4, -0.2) is 10.9 Å². The Morgan fingerprint density at radius 3 is 2.78 bits per heavy atom. The van der Waals surface area contributed by atoms with E-state index in [2.05, 4.69) is 27.9 Å². The van der Waals surface area contributed by atoms with Gasteiger partial charge < -0.3 is 11.1 Å². The summed E-state index contributed by atoms with van der Waals surface area (Å²) in [6.45, 7) is 1.98. The van der Waals surface area contributed by atoms with Crippen molar-refractivity contribution in [1.29, 1.82) is 0 Å². The zero-order valence-electron chi connectivity index (χ0n) is 9.87. The first-order valence-corrected chi connectivity index (χ1v) is 7.37. The molecule has 0 aliphatic rings. The fraction of sp³-hybridized carbons (Fsp3) is 0.333. The van der Waals surface area contributed by atoms with Gasteiger partial charge in [0.15, 0.2) is 0 Å².